The van der Waals surface area contributed by atoms with Gasteiger partial charge in [-0.25, -0.2) is 0 Å². The average molecular weight is 317 g/mol. The van der Waals surface area contributed by atoms with Gasteiger partial charge in [0.2, 0.25) is 5.91 Å². The molecule has 1 aliphatic heterocycles. The Hall–Kier alpha value is -1.26. The van der Waals surface area contributed by atoms with Gasteiger partial charge in [0.05, 0.1) is 11.3 Å². The Morgan fingerprint density at radius 2 is 2.00 bits per heavy atom. The number of nitrogens with zero attached hydrogens (tertiary/aromatic N) is 1. The Kier molecular flexibility index (Phi) is 4.09. The summed E-state index contributed by atoms with van der Waals surface area (Å²) in [4.78, 5) is 17.4. The highest BCUT2D eigenvalue weighted by atomic mass is 32.2. The summed E-state index contributed by atoms with van der Waals surface area (Å²) in [5, 5.41) is 2.13. The lowest BCUT2D eigenvalue weighted by Gasteiger charge is -2.34. The molecule has 110 valence electrons. The zero-order chi connectivity index (χ0) is 14.9. The number of hydrogen-bond donors (Lipinski definition) is 0. The van der Waals surface area contributed by atoms with E-state index in [1.54, 1.807) is 23.1 Å². The summed E-state index contributed by atoms with van der Waals surface area (Å²) in [6.45, 7) is 5.65. The summed E-state index contributed by atoms with van der Waals surface area (Å²) in [5.41, 5.74) is 1.41. The van der Waals surface area contributed by atoms with Crippen molar-refractivity contribution >= 4 is 29.0 Å². The van der Waals surface area contributed by atoms with Gasteiger partial charge in [-0.2, -0.15) is 0 Å². The molecular formula is C17H19NOS2. The number of thiophene rings is 1. The average Bonchev–Trinajstić information content (AvgIpc) is 2.94. The van der Waals surface area contributed by atoms with E-state index in [-0.39, 0.29) is 5.91 Å². The van der Waals surface area contributed by atoms with Crippen molar-refractivity contribution in [2.75, 3.05) is 6.54 Å². The second kappa shape index (κ2) is 5.85. The Bertz CT molecular complexity index is 633. The van der Waals surface area contributed by atoms with Crippen LogP contribution in [0.4, 0.5) is 0 Å². The van der Waals surface area contributed by atoms with Crippen LogP contribution < -0.4 is 0 Å². The molecule has 1 aliphatic rings. The number of benzene rings is 1. The zero-order valence-electron chi connectivity index (χ0n) is 12.3. The summed E-state index contributed by atoms with van der Waals surface area (Å²) in [6.07, 6.45) is 0.983. The molecule has 0 bridgehead atoms. The number of fused-ring (bicyclic) bond motifs is 1. The SMILES string of the molecule is CC(C)(Sc1ccccc1)C(=O)N1CCc2ccsc2C1. The monoisotopic (exact) mass is 317 g/mol. The first-order chi connectivity index (χ1) is 10.1. The van der Waals surface area contributed by atoms with Crippen molar-refractivity contribution in [3.05, 3.63) is 52.2 Å². The molecule has 0 radical (unpaired) electrons. The predicted octanol–water partition coefficient (Wildman–Crippen LogP) is 4.20. The molecule has 0 unspecified atom stereocenters. The lowest BCUT2D eigenvalue weighted by molar-refractivity contribution is -0.133. The molecule has 4 heteroatoms. The van der Waals surface area contributed by atoms with Crippen LogP contribution in [0.5, 0.6) is 0 Å². The van der Waals surface area contributed by atoms with Gasteiger partial charge in [0.1, 0.15) is 0 Å². The third-order valence-corrected chi connectivity index (χ3v) is 5.88. The minimum Gasteiger partial charge on any atom is -0.336 e. The topological polar surface area (TPSA) is 20.3 Å². The first-order valence-corrected chi connectivity index (χ1v) is 8.84. The Balaban J connectivity index is 1.72. The van der Waals surface area contributed by atoms with E-state index in [9.17, 15) is 4.79 Å². The van der Waals surface area contributed by atoms with E-state index >= 15 is 0 Å². The summed E-state index contributed by atoms with van der Waals surface area (Å²) in [7, 11) is 0. The minimum absolute atomic E-state index is 0.232. The second-order valence-corrected chi connectivity index (χ2v) is 8.47. The van der Waals surface area contributed by atoms with E-state index in [1.807, 2.05) is 36.9 Å². The Labute approximate surface area is 134 Å². The van der Waals surface area contributed by atoms with Gasteiger partial charge in [0.25, 0.3) is 0 Å². The smallest absolute Gasteiger partial charge is 0.238 e. The molecule has 2 nitrogen and oxygen atoms in total. The van der Waals surface area contributed by atoms with Crippen LogP contribution in [0.3, 0.4) is 0 Å². The van der Waals surface area contributed by atoms with Crippen molar-refractivity contribution in [2.45, 2.75) is 36.5 Å². The highest BCUT2D eigenvalue weighted by Gasteiger charge is 2.34. The van der Waals surface area contributed by atoms with Crippen molar-refractivity contribution in [1.29, 1.82) is 0 Å². The summed E-state index contributed by atoms with van der Waals surface area (Å²) in [6, 6.07) is 12.3. The van der Waals surface area contributed by atoms with E-state index in [0.717, 1.165) is 24.4 Å². The fourth-order valence-electron chi connectivity index (χ4n) is 2.62. The summed E-state index contributed by atoms with van der Waals surface area (Å²) < 4.78 is -0.434. The van der Waals surface area contributed by atoms with Crippen molar-refractivity contribution in [3.63, 3.8) is 0 Å². The van der Waals surface area contributed by atoms with Crippen LogP contribution >= 0.6 is 23.1 Å². The zero-order valence-corrected chi connectivity index (χ0v) is 14.0. The van der Waals surface area contributed by atoms with Crippen LogP contribution in [0.2, 0.25) is 0 Å². The largest absolute Gasteiger partial charge is 0.336 e. The molecule has 0 spiro atoms. The quantitative estimate of drug-likeness (QED) is 0.791. The molecule has 0 aliphatic carbocycles. The molecule has 1 aromatic heterocycles. The number of carbonyl (C=O) groups excluding carboxylic acids is 1. The number of hydrogen-bond acceptors (Lipinski definition) is 3. The van der Waals surface area contributed by atoms with Crippen molar-refractivity contribution in [3.8, 4) is 0 Å². The van der Waals surface area contributed by atoms with Crippen LogP contribution in [0.15, 0.2) is 46.7 Å². The maximum Gasteiger partial charge on any atom is 0.238 e. The van der Waals surface area contributed by atoms with E-state index in [2.05, 4.69) is 23.6 Å². The van der Waals surface area contributed by atoms with Gasteiger partial charge >= 0.3 is 0 Å². The number of thioether (sulfide) groups is 1. The van der Waals surface area contributed by atoms with Gasteiger partial charge in [-0.1, -0.05) is 18.2 Å². The van der Waals surface area contributed by atoms with Crippen LogP contribution in [-0.4, -0.2) is 22.1 Å². The van der Waals surface area contributed by atoms with Crippen molar-refractivity contribution < 1.29 is 4.79 Å². The van der Waals surface area contributed by atoms with Crippen molar-refractivity contribution in [1.82, 2.24) is 4.90 Å². The molecule has 0 atom stereocenters. The molecule has 3 rings (SSSR count). The van der Waals surface area contributed by atoms with Gasteiger partial charge in [0.15, 0.2) is 0 Å². The summed E-state index contributed by atoms with van der Waals surface area (Å²) >= 11 is 3.40. The van der Waals surface area contributed by atoms with E-state index in [0.29, 0.717) is 0 Å². The van der Waals surface area contributed by atoms with Crippen LogP contribution in [-0.2, 0) is 17.8 Å². The van der Waals surface area contributed by atoms with Crippen LogP contribution in [0, 0.1) is 0 Å². The highest BCUT2D eigenvalue weighted by molar-refractivity contribution is 8.01. The maximum absolute atomic E-state index is 12.9. The van der Waals surface area contributed by atoms with Gasteiger partial charge in [-0.05, 0) is 49.4 Å². The number of carbonyl (C=O) groups is 1. The third-order valence-electron chi connectivity index (χ3n) is 3.74. The highest BCUT2D eigenvalue weighted by Crippen LogP contribution is 2.35. The fourth-order valence-corrected chi connectivity index (χ4v) is 4.66. The summed E-state index contributed by atoms with van der Waals surface area (Å²) in [5.74, 6) is 0.232. The molecule has 0 N–H and O–H groups in total. The van der Waals surface area contributed by atoms with Crippen LogP contribution in [0.25, 0.3) is 0 Å². The van der Waals surface area contributed by atoms with Gasteiger partial charge in [-0.15, -0.1) is 23.1 Å². The maximum atomic E-state index is 12.9. The molecule has 0 saturated carbocycles. The number of amides is 1. The first-order valence-electron chi connectivity index (χ1n) is 7.15. The molecule has 1 aromatic carbocycles. The third kappa shape index (κ3) is 3.16. The Morgan fingerprint density at radius 1 is 1.24 bits per heavy atom. The molecule has 0 fully saturated rings. The standard InChI is InChI=1S/C17H19NOS2/c1-17(2,21-14-6-4-3-5-7-14)16(19)18-10-8-13-9-11-20-15(13)12-18/h3-7,9,11H,8,10,12H2,1-2H3. The lowest BCUT2D eigenvalue weighted by atomic mass is 10.1. The van der Waals surface area contributed by atoms with E-state index < -0.39 is 4.75 Å². The van der Waals surface area contributed by atoms with Gasteiger partial charge < -0.3 is 4.90 Å². The minimum atomic E-state index is -0.434. The second-order valence-electron chi connectivity index (χ2n) is 5.77. The fraction of sp³-hybridized carbons (Fsp3) is 0.353. The molecule has 1 amide bonds. The molecule has 2 heterocycles. The van der Waals surface area contributed by atoms with Gasteiger partial charge in [-0.3, -0.25) is 4.79 Å². The first kappa shape index (κ1) is 14.7. The molecule has 2 aromatic rings. The normalized spacial score (nSPS) is 14.9. The van der Waals surface area contributed by atoms with E-state index in [4.69, 9.17) is 0 Å². The van der Waals surface area contributed by atoms with Gasteiger partial charge in [0, 0.05) is 16.3 Å². The Morgan fingerprint density at radius 3 is 2.76 bits per heavy atom. The molecule has 21 heavy (non-hydrogen) atoms. The molecular weight excluding hydrogens is 298 g/mol. The molecule has 0 saturated heterocycles. The van der Waals surface area contributed by atoms with Crippen molar-refractivity contribution in [2.24, 2.45) is 0 Å². The number of rotatable bonds is 3. The predicted molar refractivity (Wildman–Crippen MR) is 89.8 cm³/mol. The van der Waals surface area contributed by atoms with Crippen LogP contribution in [0.1, 0.15) is 24.3 Å². The van der Waals surface area contributed by atoms with E-state index in [1.165, 1.54) is 10.4 Å². The lowest BCUT2D eigenvalue weighted by Crippen LogP contribution is -2.45.